The number of carboxylic acid groups (broad SMARTS) is 1. The molecule has 0 aliphatic heterocycles. The van der Waals surface area contributed by atoms with Gasteiger partial charge in [-0.25, -0.2) is 13.1 Å². The molecule has 6 heteroatoms. The maximum Gasteiger partial charge on any atom is 0.308 e. The lowest BCUT2D eigenvalue weighted by Gasteiger charge is -2.28. The van der Waals surface area contributed by atoms with Gasteiger partial charge in [-0.2, -0.15) is 0 Å². The van der Waals surface area contributed by atoms with Crippen molar-refractivity contribution in [2.45, 2.75) is 31.7 Å². The van der Waals surface area contributed by atoms with E-state index in [-0.39, 0.29) is 0 Å². The molecule has 0 heterocycles. The highest BCUT2D eigenvalue weighted by atomic mass is 32.2. The summed E-state index contributed by atoms with van der Waals surface area (Å²) in [5, 5.41) is 10.3. The van der Waals surface area contributed by atoms with Gasteiger partial charge in [0.15, 0.2) is 0 Å². The van der Waals surface area contributed by atoms with Crippen molar-refractivity contribution in [1.29, 1.82) is 0 Å². The minimum Gasteiger partial charge on any atom is -0.481 e. The minimum atomic E-state index is -3.64. The maximum absolute atomic E-state index is 12.0. The van der Waals surface area contributed by atoms with E-state index >= 15 is 0 Å². The zero-order chi connectivity index (χ0) is 15.3. The summed E-state index contributed by atoms with van der Waals surface area (Å²) >= 11 is 0. The molecule has 21 heavy (non-hydrogen) atoms. The molecule has 1 saturated carbocycles. The van der Waals surface area contributed by atoms with Gasteiger partial charge in [0.05, 0.1) is 5.92 Å². The first-order valence-electron chi connectivity index (χ1n) is 6.96. The first kappa shape index (κ1) is 15.7. The molecule has 114 valence electrons. The highest BCUT2D eigenvalue weighted by Gasteiger charge is 2.32. The fourth-order valence-electron chi connectivity index (χ4n) is 2.55. The van der Waals surface area contributed by atoms with E-state index in [4.69, 9.17) is 5.11 Å². The molecule has 0 aromatic heterocycles. The standard InChI is InChI=1S/C15H19NO4S/c17-15(18)13-8-4-5-9-14(13)16-21(19,20)11-10-12-6-2-1-3-7-12/h1-3,6-7,10-11,13-14,16H,4-5,8-9H2,(H,17,18). The summed E-state index contributed by atoms with van der Waals surface area (Å²) < 4.78 is 26.6. The van der Waals surface area contributed by atoms with Gasteiger partial charge >= 0.3 is 5.97 Å². The second-order valence-electron chi connectivity index (χ2n) is 5.21. The first-order valence-corrected chi connectivity index (χ1v) is 8.51. The smallest absolute Gasteiger partial charge is 0.308 e. The summed E-state index contributed by atoms with van der Waals surface area (Å²) in [7, 11) is -3.64. The van der Waals surface area contributed by atoms with Crippen LogP contribution in [0.15, 0.2) is 35.7 Å². The van der Waals surface area contributed by atoms with E-state index in [0.717, 1.165) is 23.8 Å². The molecule has 1 aromatic rings. The van der Waals surface area contributed by atoms with E-state index < -0.39 is 28.0 Å². The molecule has 0 radical (unpaired) electrons. The SMILES string of the molecule is O=C(O)C1CCCCC1NS(=O)(=O)C=Cc1ccccc1. The van der Waals surface area contributed by atoms with Gasteiger partial charge in [-0.05, 0) is 24.5 Å². The number of carbonyl (C=O) groups is 1. The summed E-state index contributed by atoms with van der Waals surface area (Å²) in [6.45, 7) is 0. The van der Waals surface area contributed by atoms with Gasteiger partial charge in [0.2, 0.25) is 10.0 Å². The Labute approximate surface area is 124 Å². The quantitative estimate of drug-likeness (QED) is 0.873. The lowest BCUT2D eigenvalue weighted by Crippen LogP contribution is -2.44. The Bertz CT molecular complexity index is 610. The summed E-state index contributed by atoms with van der Waals surface area (Å²) in [6.07, 6.45) is 4.26. The fourth-order valence-corrected chi connectivity index (χ4v) is 3.67. The van der Waals surface area contributed by atoms with Crippen molar-refractivity contribution in [2.75, 3.05) is 0 Å². The van der Waals surface area contributed by atoms with E-state index in [1.807, 2.05) is 18.2 Å². The lowest BCUT2D eigenvalue weighted by atomic mass is 9.85. The minimum absolute atomic E-state index is 0.519. The van der Waals surface area contributed by atoms with E-state index in [1.165, 1.54) is 6.08 Å². The van der Waals surface area contributed by atoms with Crippen LogP contribution in [0.2, 0.25) is 0 Å². The number of hydrogen-bond donors (Lipinski definition) is 2. The molecule has 1 aliphatic rings. The van der Waals surface area contributed by atoms with E-state index in [1.54, 1.807) is 12.1 Å². The molecule has 5 nitrogen and oxygen atoms in total. The number of carboxylic acids is 1. The normalized spacial score (nSPS) is 23.2. The second-order valence-corrected chi connectivity index (χ2v) is 6.81. The van der Waals surface area contributed by atoms with Crippen molar-refractivity contribution in [3.8, 4) is 0 Å². The van der Waals surface area contributed by atoms with Gasteiger partial charge in [0.1, 0.15) is 0 Å². The maximum atomic E-state index is 12.0. The van der Waals surface area contributed by atoms with Crippen molar-refractivity contribution in [2.24, 2.45) is 5.92 Å². The van der Waals surface area contributed by atoms with Crippen LogP contribution >= 0.6 is 0 Å². The molecule has 1 fully saturated rings. The predicted molar refractivity (Wildman–Crippen MR) is 80.9 cm³/mol. The molecule has 0 bridgehead atoms. The van der Waals surface area contributed by atoms with Crippen molar-refractivity contribution in [3.63, 3.8) is 0 Å². The van der Waals surface area contributed by atoms with Crippen LogP contribution in [0.25, 0.3) is 6.08 Å². The monoisotopic (exact) mass is 309 g/mol. The van der Waals surface area contributed by atoms with Crippen LogP contribution in [0.5, 0.6) is 0 Å². The zero-order valence-corrected chi connectivity index (χ0v) is 12.4. The molecule has 2 atom stereocenters. The summed E-state index contributed by atoms with van der Waals surface area (Å²) in [5.41, 5.74) is 0.779. The number of hydrogen-bond acceptors (Lipinski definition) is 3. The van der Waals surface area contributed by atoms with Crippen molar-refractivity contribution >= 4 is 22.1 Å². The third-order valence-electron chi connectivity index (χ3n) is 3.64. The molecule has 0 spiro atoms. The van der Waals surface area contributed by atoms with Crippen LogP contribution in [0.1, 0.15) is 31.2 Å². The molecular weight excluding hydrogens is 290 g/mol. The molecular formula is C15H19NO4S. The number of aliphatic carboxylic acids is 1. The lowest BCUT2D eigenvalue weighted by molar-refractivity contribution is -0.143. The third kappa shape index (κ3) is 4.68. The Morgan fingerprint density at radius 2 is 1.86 bits per heavy atom. The second kappa shape index (κ2) is 6.87. The van der Waals surface area contributed by atoms with Gasteiger partial charge < -0.3 is 5.11 Å². The average Bonchev–Trinajstić information content (AvgIpc) is 2.46. The number of sulfonamides is 1. The van der Waals surface area contributed by atoms with Crippen LogP contribution in [-0.2, 0) is 14.8 Å². The van der Waals surface area contributed by atoms with Gasteiger partial charge in [-0.1, -0.05) is 43.2 Å². The first-order chi connectivity index (χ1) is 9.98. The van der Waals surface area contributed by atoms with E-state index in [2.05, 4.69) is 4.72 Å². The largest absolute Gasteiger partial charge is 0.481 e. The van der Waals surface area contributed by atoms with Crippen molar-refractivity contribution in [1.82, 2.24) is 4.72 Å². The molecule has 1 aliphatic carbocycles. The van der Waals surface area contributed by atoms with Gasteiger partial charge in [-0.3, -0.25) is 4.79 Å². The Hall–Kier alpha value is -1.66. The number of nitrogens with one attached hydrogen (secondary N) is 1. The summed E-state index contributed by atoms with van der Waals surface area (Å²) in [5.74, 6) is -1.58. The topological polar surface area (TPSA) is 83.5 Å². The molecule has 2 rings (SSSR count). The van der Waals surface area contributed by atoms with Crippen LogP contribution in [0.3, 0.4) is 0 Å². The molecule has 0 amide bonds. The highest BCUT2D eigenvalue weighted by Crippen LogP contribution is 2.25. The van der Waals surface area contributed by atoms with E-state index in [9.17, 15) is 13.2 Å². The van der Waals surface area contributed by atoms with Crippen LogP contribution in [0.4, 0.5) is 0 Å². The van der Waals surface area contributed by atoms with Gasteiger partial charge in [0, 0.05) is 11.4 Å². The summed E-state index contributed by atoms with van der Waals surface area (Å²) in [4.78, 5) is 11.2. The Morgan fingerprint density at radius 1 is 1.19 bits per heavy atom. The molecule has 0 saturated heterocycles. The molecule has 1 aromatic carbocycles. The number of benzene rings is 1. The van der Waals surface area contributed by atoms with Gasteiger partial charge in [-0.15, -0.1) is 0 Å². The zero-order valence-electron chi connectivity index (χ0n) is 11.6. The Morgan fingerprint density at radius 3 is 2.52 bits per heavy atom. The molecule has 2 N–H and O–H groups in total. The van der Waals surface area contributed by atoms with Crippen LogP contribution in [0, 0.1) is 5.92 Å². The van der Waals surface area contributed by atoms with Crippen molar-refractivity contribution < 1.29 is 18.3 Å². The van der Waals surface area contributed by atoms with Crippen LogP contribution in [-0.4, -0.2) is 25.5 Å². The van der Waals surface area contributed by atoms with E-state index in [0.29, 0.717) is 12.8 Å². The average molecular weight is 309 g/mol. The fraction of sp³-hybridized carbons (Fsp3) is 0.400. The molecule has 2 unspecified atom stereocenters. The van der Waals surface area contributed by atoms with Crippen LogP contribution < -0.4 is 4.72 Å². The predicted octanol–water partition coefficient (Wildman–Crippen LogP) is 2.22. The van der Waals surface area contributed by atoms with Crippen molar-refractivity contribution in [3.05, 3.63) is 41.3 Å². The summed E-state index contributed by atoms with van der Waals surface area (Å²) in [6, 6.07) is 8.56. The highest BCUT2D eigenvalue weighted by molar-refractivity contribution is 7.92. The Balaban J connectivity index is 2.06. The van der Waals surface area contributed by atoms with Gasteiger partial charge in [0.25, 0.3) is 0 Å². The Kier molecular flexibility index (Phi) is 5.14. The third-order valence-corrected chi connectivity index (χ3v) is 4.76. The number of rotatable bonds is 5.